The van der Waals surface area contributed by atoms with Gasteiger partial charge in [-0.05, 0) is 204 Å². The lowest BCUT2D eigenvalue weighted by Crippen LogP contribution is -2.19. The maximum absolute atomic E-state index is 12.6. The van der Waals surface area contributed by atoms with E-state index in [1.54, 1.807) is 147 Å². The van der Waals surface area contributed by atoms with Gasteiger partial charge in [0.2, 0.25) is 35.3 Å². The van der Waals surface area contributed by atoms with Crippen LogP contribution in [-0.4, -0.2) is 127 Å². The van der Waals surface area contributed by atoms with Crippen molar-refractivity contribution < 1.29 is 85.6 Å². The molecule has 0 radical (unpaired) electrons. The average molecular weight is 1900 g/mol. The molecular formula is C98H80Cl6N10O18. The van der Waals surface area contributed by atoms with Crippen molar-refractivity contribution in [1.29, 1.82) is 0 Å². The van der Waals surface area contributed by atoms with E-state index in [1.807, 2.05) is 139 Å². The van der Waals surface area contributed by atoms with Crippen molar-refractivity contribution in [3.05, 3.63) is 341 Å². The van der Waals surface area contributed by atoms with E-state index < -0.39 is 35.8 Å². The summed E-state index contributed by atoms with van der Waals surface area (Å²) >= 11 is 36.4. The lowest BCUT2D eigenvalue weighted by Gasteiger charge is -2.13. The number of aromatic nitrogens is 10. The molecule has 0 aliphatic heterocycles. The number of pyridine rings is 2. The number of hydrogen-bond donors (Lipinski definition) is 0. The summed E-state index contributed by atoms with van der Waals surface area (Å²) in [6, 6.07) is 65.7. The van der Waals surface area contributed by atoms with Gasteiger partial charge in [-0.1, -0.05) is 167 Å². The fourth-order valence-electron chi connectivity index (χ4n) is 11.9. The summed E-state index contributed by atoms with van der Waals surface area (Å²) in [6.07, 6.45) is 5.88. The standard InChI is InChI=1S/2C18H15ClN2O3.2C17H13ClN2O3.2C14H12ClNO3/c1-10-8-9-12(19)15(16(10)23-3)18(22)24-17-11(2)20-13-6-4-5-7-14(13)21-17;1-11-7-8-16(13(19)9-11)23-10-17(22)24-18-12(2)20-14-5-3-4-6-15(14)21-18;1-10-7-8-11(18)15(16(10)22-2)17(21)23-14-9-19-12-5-3-4-6-13(12)20-14;1-11-6-7-15(12(18)8-11)22-10-17(21)23-16-9-19-13-4-2-3-5-14(13)20-16;1-9-6-7-10(15)12(13(9)18-2)14(17)19-11-5-3-4-8-16-11;1-10-5-6-12(11(15)8-10)18-9-14(17)19-13-4-2-3-7-16-13/h4-9H,1-3H3;3-9H,10H2,1-2H3;3-9H,1-2H3;2-9H,10H2,1H3;3-8H,1-2H3;2-8H,9H2,1H3. The molecule has 6 heterocycles. The number of carbonyl (C=O) groups is 6. The molecule has 34 heteroatoms. The number of ether oxygens (including phenoxy) is 12. The van der Waals surface area contributed by atoms with Gasteiger partial charge in [-0.3, -0.25) is 0 Å². The first-order valence-electron chi connectivity index (χ1n) is 39.7. The quantitative estimate of drug-likeness (QED) is 0.0603. The molecule has 0 saturated heterocycles. The first-order valence-corrected chi connectivity index (χ1v) is 42.0. The van der Waals surface area contributed by atoms with Crippen molar-refractivity contribution in [1.82, 2.24) is 49.8 Å². The van der Waals surface area contributed by atoms with Crippen molar-refractivity contribution >= 4 is 150 Å². The highest BCUT2D eigenvalue weighted by Crippen LogP contribution is 2.36. The van der Waals surface area contributed by atoms with E-state index in [1.165, 1.54) is 39.9 Å². The summed E-state index contributed by atoms with van der Waals surface area (Å²) in [5.41, 5.74) is 12.6. The third-order valence-corrected chi connectivity index (χ3v) is 20.0. The molecule has 16 rings (SSSR count). The van der Waals surface area contributed by atoms with E-state index in [4.69, 9.17) is 126 Å². The second kappa shape index (κ2) is 47.5. The summed E-state index contributed by atoms with van der Waals surface area (Å²) in [5, 5.41) is 2.15. The normalized spacial score (nSPS) is 10.4. The molecule has 0 unspecified atom stereocenters. The number of fused-ring (bicyclic) bond motifs is 4. The maximum Gasteiger partial charge on any atom is 0.350 e. The second-order valence-corrected chi connectivity index (χ2v) is 30.5. The molecule has 0 fully saturated rings. The molecule has 0 atom stereocenters. The number of carbonyl (C=O) groups excluding carboxylic acids is 6. The smallest absolute Gasteiger partial charge is 0.350 e. The highest BCUT2D eigenvalue weighted by atomic mass is 35.5. The number of rotatable bonds is 21. The van der Waals surface area contributed by atoms with Gasteiger partial charge in [-0.15, -0.1) is 0 Å². The summed E-state index contributed by atoms with van der Waals surface area (Å²) < 4.78 is 63.1. The molecule has 0 saturated carbocycles. The molecule has 0 aliphatic rings. The fourth-order valence-corrected chi connectivity index (χ4v) is 13.5. The summed E-state index contributed by atoms with van der Waals surface area (Å²) in [6.45, 7) is 13.9. The van der Waals surface area contributed by atoms with E-state index in [-0.39, 0.29) is 86.9 Å². The lowest BCUT2D eigenvalue weighted by atomic mass is 10.1. The van der Waals surface area contributed by atoms with Gasteiger partial charge in [0.15, 0.2) is 19.8 Å². The number of nitrogens with zero attached hydrogens (tertiary/aromatic N) is 10. The number of hydrogen-bond acceptors (Lipinski definition) is 28. The van der Waals surface area contributed by atoms with Gasteiger partial charge in [0, 0.05) is 24.5 Å². The third-order valence-electron chi connectivity index (χ3n) is 18.2. The van der Waals surface area contributed by atoms with Crippen LogP contribution in [0.5, 0.6) is 69.8 Å². The van der Waals surface area contributed by atoms with E-state index >= 15 is 0 Å². The van der Waals surface area contributed by atoms with Crippen LogP contribution >= 0.6 is 69.6 Å². The zero-order chi connectivity index (χ0) is 94.5. The zero-order valence-corrected chi connectivity index (χ0v) is 76.9. The highest BCUT2D eigenvalue weighted by molar-refractivity contribution is 6.35. The van der Waals surface area contributed by atoms with Crippen LogP contribution in [0.25, 0.3) is 44.1 Å². The summed E-state index contributed by atoms with van der Waals surface area (Å²) in [4.78, 5) is 115. The third kappa shape index (κ3) is 27.4. The predicted molar refractivity (Wildman–Crippen MR) is 501 cm³/mol. The fraction of sp³-hybridized carbons (Fsp3) is 0.143. The Kier molecular flexibility index (Phi) is 35.2. The van der Waals surface area contributed by atoms with Gasteiger partial charge in [-0.2, -0.15) is 0 Å². The predicted octanol–water partition coefficient (Wildman–Crippen LogP) is 21.7. The van der Waals surface area contributed by atoms with Crippen LogP contribution in [0.2, 0.25) is 30.1 Å². The van der Waals surface area contributed by atoms with E-state index in [2.05, 4.69) is 49.8 Å². The van der Waals surface area contributed by atoms with E-state index in [0.29, 0.717) is 83.0 Å². The number of methoxy groups -OCH3 is 3. The molecule has 10 aromatic carbocycles. The zero-order valence-electron chi connectivity index (χ0n) is 72.4. The molecule has 6 aromatic heterocycles. The van der Waals surface area contributed by atoms with Crippen LogP contribution in [0, 0.1) is 55.4 Å². The van der Waals surface area contributed by atoms with Crippen molar-refractivity contribution in [3.63, 3.8) is 0 Å². The first kappa shape index (κ1) is 97.8. The van der Waals surface area contributed by atoms with Crippen molar-refractivity contribution in [2.75, 3.05) is 41.2 Å². The van der Waals surface area contributed by atoms with E-state index in [0.717, 1.165) is 55.4 Å². The highest BCUT2D eigenvalue weighted by Gasteiger charge is 2.26. The van der Waals surface area contributed by atoms with E-state index in [9.17, 15) is 28.8 Å². The van der Waals surface area contributed by atoms with Crippen LogP contribution < -0.4 is 56.8 Å². The minimum Gasteiger partial charge on any atom is -0.496 e. The number of aryl methyl sites for hydroxylation is 8. The van der Waals surface area contributed by atoms with Gasteiger partial charge in [0.1, 0.15) is 62.6 Å². The van der Waals surface area contributed by atoms with Crippen LogP contribution in [-0.2, 0) is 14.4 Å². The Balaban J connectivity index is 0.000000153. The Morgan fingerprint density at radius 2 is 0.561 bits per heavy atom. The van der Waals surface area contributed by atoms with Gasteiger partial charge in [-0.25, -0.2) is 78.6 Å². The summed E-state index contributed by atoms with van der Waals surface area (Å²) in [7, 11) is 4.44. The number of benzene rings is 10. The second-order valence-electron chi connectivity index (χ2n) is 28.0. The molecule has 0 N–H and O–H groups in total. The first-order chi connectivity index (χ1) is 63.5. The number of esters is 6. The number of halogens is 6. The average Bonchev–Trinajstić information content (AvgIpc) is 0.798. The maximum atomic E-state index is 12.6. The Hall–Kier alpha value is -14.8. The van der Waals surface area contributed by atoms with Gasteiger partial charge in [0.05, 0.1) is 108 Å². The van der Waals surface area contributed by atoms with Gasteiger partial charge >= 0.3 is 35.8 Å². The molecule has 0 aliphatic carbocycles. The lowest BCUT2D eigenvalue weighted by molar-refractivity contribution is -0.137. The Morgan fingerprint density at radius 3 is 0.902 bits per heavy atom. The summed E-state index contributed by atoms with van der Waals surface area (Å²) in [5.74, 6) is -0.0267. The van der Waals surface area contributed by atoms with Gasteiger partial charge in [0.25, 0.3) is 0 Å². The van der Waals surface area contributed by atoms with Crippen LogP contribution in [0.4, 0.5) is 0 Å². The monoisotopic (exact) mass is 1890 g/mol. The van der Waals surface area contributed by atoms with Crippen molar-refractivity contribution in [2.45, 2.75) is 55.4 Å². The topological polar surface area (TPSA) is 342 Å². The minimum atomic E-state index is -0.639. The molecule has 16 aromatic rings. The van der Waals surface area contributed by atoms with Crippen LogP contribution in [0.1, 0.15) is 75.8 Å². The molecule has 0 bridgehead atoms. The minimum absolute atomic E-state index is 0.105. The Bertz CT molecular complexity index is 6880. The Morgan fingerprint density at radius 1 is 0.273 bits per heavy atom. The molecule has 0 spiro atoms. The molecule has 672 valence electrons. The largest absolute Gasteiger partial charge is 0.496 e. The number of para-hydroxylation sites is 8. The Labute approximate surface area is 786 Å². The SMILES string of the molecule is COc1c(C)ccc(Cl)c1C(=O)Oc1ccccn1.COc1c(C)ccc(Cl)c1C(=O)Oc1cnc2ccccc2n1.COc1c(C)ccc(Cl)c1C(=O)Oc1nc2ccccc2nc1C.Cc1ccc(OCC(=O)Oc2ccccn2)c(Cl)c1.Cc1ccc(OCC(=O)Oc2cnc3ccccc3n2)c(Cl)c1.Cc1ccc(OCC(=O)Oc2nc3ccccc3nc2C)c(Cl)c1. The van der Waals surface area contributed by atoms with Crippen LogP contribution in [0.15, 0.2) is 249 Å². The molecule has 132 heavy (non-hydrogen) atoms. The molecule has 0 amide bonds. The van der Waals surface area contributed by atoms with Gasteiger partial charge < -0.3 is 56.8 Å². The molecule has 28 nitrogen and oxygen atoms in total. The van der Waals surface area contributed by atoms with Crippen LogP contribution in [0.3, 0.4) is 0 Å². The molecular weight excluding hydrogens is 1820 g/mol. The van der Waals surface area contributed by atoms with Crippen molar-refractivity contribution in [2.24, 2.45) is 0 Å². The van der Waals surface area contributed by atoms with Crippen molar-refractivity contribution in [3.8, 4) is 69.8 Å².